The molecule has 4 amide bonds. The number of rotatable bonds is 8. The zero-order valence-electron chi connectivity index (χ0n) is 16.5. The summed E-state index contributed by atoms with van der Waals surface area (Å²) in [4.78, 5) is 49.0. The van der Waals surface area contributed by atoms with Gasteiger partial charge < -0.3 is 14.9 Å². The zero-order valence-corrected chi connectivity index (χ0v) is 17.3. The highest BCUT2D eigenvalue weighted by atomic mass is 32.2. The van der Waals surface area contributed by atoms with Gasteiger partial charge in [-0.2, -0.15) is 0 Å². The van der Waals surface area contributed by atoms with Crippen molar-refractivity contribution in [3.63, 3.8) is 0 Å². The number of ether oxygens (including phenoxy) is 2. The number of imide groups is 2. The van der Waals surface area contributed by atoms with Gasteiger partial charge >= 0.3 is 12.2 Å². The van der Waals surface area contributed by atoms with Crippen molar-refractivity contribution in [1.82, 2.24) is 20.9 Å². The summed E-state index contributed by atoms with van der Waals surface area (Å²) in [6.07, 6.45) is -1.62. The Morgan fingerprint density at radius 2 is 1.37 bits per heavy atom. The summed E-state index contributed by atoms with van der Waals surface area (Å²) in [7, 11) is -4.04. The van der Waals surface area contributed by atoms with Crippen LogP contribution in [0, 0.1) is 6.92 Å². The third-order valence-corrected chi connectivity index (χ3v) is 4.49. The molecule has 0 saturated carbocycles. The molecule has 0 aromatic heterocycles. The predicted octanol–water partition coefficient (Wildman–Crippen LogP) is 0.207. The summed E-state index contributed by atoms with van der Waals surface area (Å²) in [6, 6.07) is 5.86. The fourth-order valence-corrected chi connectivity index (χ4v) is 2.67. The molecule has 164 valence electrons. The highest BCUT2D eigenvalue weighted by molar-refractivity contribution is 7.89. The topological polar surface area (TPSA) is 169 Å². The molecular formula is C17H22N4O8S. The molecule has 4 N–H and O–H groups in total. The zero-order chi connectivity index (χ0) is 22.7. The Morgan fingerprint density at radius 3 is 1.80 bits per heavy atom. The highest BCUT2D eigenvalue weighted by Gasteiger charge is 2.23. The van der Waals surface area contributed by atoms with E-state index in [2.05, 4.69) is 14.9 Å². The van der Waals surface area contributed by atoms with Gasteiger partial charge in [0.05, 0.1) is 18.1 Å². The molecule has 0 spiro atoms. The van der Waals surface area contributed by atoms with E-state index in [4.69, 9.17) is 0 Å². The Morgan fingerprint density at radius 1 is 0.900 bits per heavy atom. The number of nitrogens with one attached hydrogen (secondary N) is 4. The fourth-order valence-electron chi connectivity index (χ4n) is 1.84. The van der Waals surface area contributed by atoms with Crippen LogP contribution >= 0.6 is 0 Å². The maximum atomic E-state index is 12.2. The van der Waals surface area contributed by atoms with Gasteiger partial charge in [0.1, 0.15) is 5.57 Å². The molecule has 0 aliphatic rings. The second-order valence-electron chi connectivity index (χ2n) is 5.47. The fraction of sp³-hybridized carbons (Fsp3) is 0.294. The number of hydrogen-bond acceptors (Lipinski definition) is 9. The molecule has 1 aromatic carbocycles. The smallest absolute Gasteiger partial charge is 0.414 e. The Bertz CT molecular complexity index is 892. The molecule has 0 aliphatic heterocycles. The maximum Gasteiger partial charge on any atom is 0.414 e. The minimum Gasteiger partial charge on any atom is -0.450 e. The molecule has 12 nitrogen and oxygen atoms in total. The van der Waals surface area contributed by atoms with Crippen LogP contribution in [0.2, 0.25) is 0 Å². The van der Waals surface area contributed by atoms with E-state index < -0.39 is 39.6 Å². The van der Waals surface area contributed by atoms with Crippen molar-refractivity contribution >= 4 is 34.0 Å². The van der Waals surface area contributed by atoms with Gasteiger partial charge in [0.25, 0.3) is 21.8 Å². The van der Waals surface area contributed by atoms with Crippen molar-refractivity contribution in [3.8, 4) is 0 Å². The molecule has 0 aliphatic carbocycles. The first-order valence-electron chi connectivity index (χ1n) is 8.61. The molecule has 0 saturated heterocycles. The molecule has 0 fully saturated rings. The van der Waals surface area contributed by atoms with Crippen LogP contribution in [-0.4, -0.2) is 45.6 Å². The van der Waals surface area contributed by atoms with E-state index >= 15 is 0 Å². The number of benzene rings is 1. The summed E-state index contributed by atoms with van der Waals surface area (Å²) in [6.45, 7) is 4.69. The first kappa shape index (κ1) is 24.6. The quantitative estimate of drug-likeness (QED) is 0.190. The molecule has 0 heterocycles. The van der Waals surface area contributed by atoms with Gasteiger partial charge in [-0.3, -0.25) is 20.2 Å². The number of hydrazine groups is 1. The second kappa shape index (κ2) is 11.5. The summed E-state index contributed by atoms with van der Waals surface area (Å²) in [5, 5.41) is 3.51. The van der Waals surface area contributed by atoms with Crippen LogP contribution in [0.4, 0.5) is 9.59 Å². The molecule has 1 rings (SSSR count). The van der Waals surface area contributed by atoms with E-state index in [1.807, 2.05) is 4.83 Å². The highest BCUT2D eigenvalue weighted by Crippen LogP contribution is 2.09. The third kappa shape index (κ3) is 7.89. The minimum atomic E-state index is -4.04. The standard InChI is InChI=1S/C17H22N4O8S/c1-4-28-16(24)19-14(22)13(15(23)20-17(25)29-5-2)10-18-21-30(26,27)12-8-6-11(3)7-9-12/h6-10,18,21H,4-5H2,1-3H3,(H,19,22,24)(H,20,23,25). The molecule has 0 unspecified atom stereocenters. The van der Waals surface area contributed by atoms with E-state index in [-0.39, 0.29) is 18.1 Å². The van der Waals surface area contributed by atoms with Gasteiger partial charge in [-0.05, 0) is 32.9 Å². The lowest BCUT2D eigenvalue weighted by atomic mass is 10.2. The number of carbonyl (C=O) groups is 4. The Hall–Kier alpha value is -3.45. The van der Waals surface area contributed by atoms with Crippen LogP contribution in [0.1, 0.15) is 19.4 Å². The van der Waals surface area contributed by atoms with E-state index in [0.29, 0.717) is 6.20 Å². The van der Waals surface area contributed by atoms with Crippen LogP contribution in [0.3, 0.4) is 0 Å². The van der Waals surface area contributed by atoms with E-state index in [9.17, 15) is 27.6 Å². The molecule has 30 heavy (non-hydrogen) atoms. The van der Waals surface area contributed by atoms with Crippen LogP contribution in [0.5, 0.6) is 0 Å². The Kier molecular flexibility index (Phi) is 9.45. The van der Waals surface area contributed by atoms with Crippen LogP contribution in [0.25, 0.3) is 0 Å². The maximum absolute atomic E-state index is 12.2. The number of sulfonamides is 1. The predicted molar refractivity (Wildman–Crippen MR) is 103 cm³/mol. The van der Waals surface area contributed by atoms with Crippen molar-refractivity contribution in [2.24, 2.45) is 0 Å². The van der Waals surface area contributed by atoms with E-state index in [1.165, 1.54) is 26.0 Å². The number of alkyl carbamates (subject to hydrolysis) is 2. The first-order chi connectivity index (χ1) is 14.1. The van der Waals surface area contributed by atoms with Crippen molar-refractivity contribution in [2.45, 2.75) is 25.7 Å². The van der Waals surface area contributed by atoms with Crippen molar-refractivity contribution in [1.29, 1.82) is 0 Å². The van der Waals surface area contributed by atoms with Crippen LogP contribution < -0.4 is 20.9 Å². The molecular weight excluding hydrogens is 420 g/mol. The van der Waals surface area contributed by atoms with E-state index in [1.54, 1.807) is 29.7 Å². The Balaban J connectivity index is 2.98. The SMILES string of the molecule is CCOC(=O)NC(=O)C(=CNNS(=O)(=O)c1ccc(C)cc1)C(=O)NC(=O)OCC. The minimum absolute atomic E-state index is 0.0399. The molecule has 0 bridgehead atoms. The van der Waals surface area contributed by atoms with Crippen LogP contribution in [-0.2, 0) is 29.1 Å². The normalized spacial score (nSPS) is 10.4. The van der Waals surface area contributed by atoms with Gasteiger partial charge in [-0.25, -0.2) is 18.0 Å². The van der Waals surface area contributed by atoms with Gasteiger partial charge in [0, 0.05) is 6.20 Å². The van der Waals surface area contributed by atoms with E-state index in [0.717, 1.165) is 5.56 Å². The lowest BCUT2D eigenvalue weighted by Gasteiger charge is -2.10. The van der Waals surface area contributed by atoms with Gasteiger partial charge in [0.15, 0.2) is 0 Å². The third-order valence-electron chi connectivity index (χ3n) is 3.21. The van der Waals surface area contributed by atoms with Crippen molar-refractivity contribution < 1.29 is 37.1 Å². The second-order valence-corrected chi connectivity index (χ2v) is 7.15. The number of carbonyl (C=O) groups excluding carboxylic acids is 4. The van der Waals surface area contributed by atoms with Gasteiger partial charge in [0.2, 0.25) is 0 Å². The van der Waals surface area contributed by atoms with Crippen molar-refractivity contribution in [3.05, 3.63) is 41.6 Å². The molecule has 0 radical (unpaired) electrons. The van der Waals surface area contributed by atoms with Crippen LogP contribution in [0.15, 0.2) is 40.9 Å². The summed E-state index contributed by atoms with van der Waals surface area (Å²) >= 11 is 0. The molecule has 0 atom stereocenters. The largest absolute Gasteiger partial charge is 0.450 e. The average Bonchev–Trinajstić information content (AvgIpc) is 2.65. The summed E-state index contributed by atoms with van der Waals surface area (Å²) < 4.78 is 33.5. The first-order valence-corrected chi connectivity index (χ1v) is 10.1. The summed E-state index contributed by atoms with van der Waals surface area (Å²) in [5.41, 5.74) is 2.13. The van der Waals surface area contributed by atoms with Gasteiger partial charge in [-0.15, -0.1) is 4.83 Å². The lowest BCUT2D eigenvalue weighted by Crippen LogP contribution is -2.42. The molecule has 13 heteroatoms. The number of amides is 4. The van der Waals surface area contributed by atoms with Gasteiger partial charge in [-0.1, -0.05) is 17.7 Å². The van der Waals surface area contributed by atoms with Crippen molar-refractivity contribution in [2.75, 3.05) is 13.2 Å². The molecule has 1 aromatic rings. The lowest BCUT2D eigenvalue weighted by molar-refractivity contribution is -0.122. The monoisotopic (exact) mass is 442 g/mol. The number of aryl methyl sites for hydroxylation is 1. The summed E-state index contributed by atoms with van der Waals surface area (Å²) in [5.74, 6) is -2.51. The number of hydrogen-bond donors (Lipinski definition) is 4. The average molecular weight is 442 g/mol. The Labute approximate surface area is 173 Å².